The summed E-state index contributed by atoms with van der Waals surface area (Å²) in [7, 11) is -7.57. The molecule has 2 aromatic rings. The molecule has 0 atom stereocenters. The standard InChI is InChI=1S/C25H30ClF2NO5S2/c1-6-25(27,28)17-8-7-9-20(12-17)36(33,34)24(4,5)18-14-29(15-18)23(30)21-11-10-19(13-22(21)26)35(31,32)16(2)3/h7-13,16,18H,6,14-15H2,1-5H3. The van der Waals surface area contributed by atoms with Crippen LogP contribution in [0.1, 0.15) is 57.0 Å². The Kier molecular flexibility index (Phi) is 7.68. The summed E-state index contributed by atoms with van der Waals surface area (Å²) in [5.74, 6) is -4.03. The van der Waals surface area contributed by atoms with Gasteiger partial charge in [-0.25, -0.2) is 25.6 Å². The molecule has 0 bridgehead atoms. The second kappa shape index (κ2) is 9.68. The van der Waals surface area contributed by atoms with Crippen LogP contribution in [-0.4, -0.2) is 50.7 Å². The highest BCUT2D eigenvalue weighted by atomic mass is 35.5. The summed E-state index contributed by atoms with van der Waals surface area (Å²) < 4.78 is 78.6. The van der Waals surface area contributed by atoms with Gasteiger partial charge in [0.1, 0.15) is 0 Å². The molecule has 1 aliphatic heterocycles. The lowest BCUT2D eigenvalue weighted by Crippen LogP contribution is -2.59. The molecule has 36 heavy (non-hydrogen) atoms. The van der Waals surface area contributed by atoms with Gasteiger partial charge in [-0.15, -0.1) is 0 Å². The molecule has 0 radical (unpaired) electrons. The minimum atomic E-state index is -4.01. The van der Waals surface area contributed by atoms with Crippen molar-refractivity contribution in [1.82, 2.24) is 4.90 Å². The van der Waals surface area contributed by atoms with Crippen LogP contribution >= 0.6 is 11.6 Å². The van der Waals surface area contributed by atoms with Crippen LogP contribution in [0.3, 0.4) is 0 Å². The minimum absolute atomic E-state index is 0.00859. The number of rotatable bonds is 8. The molecule has 0 aliphatic carbocycles. The minimum Gasteiger partial charge on any atom is -0.338 e. The van der Waals surface area contributed by atoms with Crippen molar-refractivity contribution in [3.63, 3.8) is 0 Å². The second-order valence-electron chi connectivity index (χ2n) is 9.84. The molecule has 1 aliphatic rings. The van der Waals surface area contributed by atoms with Crippen LogP contribution in [0.25, 0.3) is 0 Å². The smallest absolute Gasteiger partial charge is 0.273 e. The Morgan fingerprint density at radius 2 is 1.67 bits per heavy atom. The van der Waals surface area contributed by atoms with Crippen LogP contribution in [-0.2, 0) is 25.6 Å². The normalized spacial score (nSPS) is 15.8. The quantitative estimate of drug-likeness (QED) is 0.433. The van der Waals surface area contributed by atoms with Crippen molar-refractivity contribution in [2.75, 3.05) is 13.1 Å². The molecule has 0 saturated carbocycles. The van der Waals surface area contributed by atoms with Crippen LogP contribution in [0, 0.1) is 5.92 Å². The van der Waals surface area contributed by atoms with E-state index in [-0.39, 0.29) is 39.0 Å². The predicted molar refractivity (Wildman–Crippen MR) is 135 cm³/mol. The first kappa shape index (κ1) is 28.5. The average Bonchev–Trinajstić information content (AvgIpc) is 2.77. The number of halogens is 3. The van der Waals surface area contributed by atoms with Crippen molar-refractivity contribution >= 4 is 37.2 Å². The van der Waals surface area contributed by atoms with Crippen molar-refractivity contribution in [2.45, 2.75) is 66.7 Å². The molecule has 3 rings (SSSR count). The van der Waals surface area contributed by atoms with Gasteiger partial charge < -0.3 is 4.90 Å². The van der Waals surface area contributed by atoms with Gasteiger partial charge in [-0.3, -0.25) is 4.79 Å². The van der Waals surface area contributed by atoms with Crippen molar-refractivity contribution in [1.29, 1.82) is 0 Å². The zero-order valence-electron chi connectivity index (χ0n) is 20.8. The van der Waals surface area contributed by atoms with Crippen LogP contribution < -0.4 is 0 Å². The van der Waals surface area contributed by atoms with E-state index in [0.29, 0.717) is 0 Å². The van der Waals surface area contributed by atoms with Gasteiger partial charge in [0.05, 0.1) is 30.4 Å². The van der Waals surface area contributed by atoms with Gasteiger partial charge in [0.15, 0.2) is 19.7 Å². The Hall–Kier alpha value is -2.04. The highest BCUT2D eigenvalue weighted by Crippen LogP contribution is 2.40. The lowest BCUT2D eigenvalue weighted by Gasteiger charge is -2.47. The number of likely N-dealkylation sites (tertiary alicyclic amines) is 1. The number of benzene rings is 2. The van der Waals surface area contributed by atoms with E-state index in [4.69, 9.17) is 11.6 Å². The van der Waals surface area contributed by atoms with E-state index in [1.54, 1.807) is 13.8 Å². The molecule has 1 heterocycles. The predicted octanol–water partition coefficient (Wildman–Crippen LogP) is 5.35. The SMILES string of the molecule is CCC(F)(F)c1cccc(S(=O)(=O)C(C)(C)C2CN(C(=O)c3ccc(S(=O)(=O)C(C)C)cc3Cl)C2)c1. The molecule has 1 saturated heterocycles. The molecule has 0 aromatic heterocycles. The molecule has 0 spiro atoms. The fraction of sp³-hybridized carbons (Fsp3) is 0.480. The third-order valence-corrected chi connectivity index (χ3v) is 12.0. The van der Waals surface area contributed by atoms with E-state index < -0.39 is 53.8 Å². The summed E-state index contributed by atoms with van der Waals surface area (Å²) in [5, 5.41) is -0.657. The summed E-state index contributed by atoms with van der Waals surface area (Å²) in [4.78, 5) is 14.2. The molecular weight excluding hydrogens is 532 g/mol. The number of hydrogen-bond acceptors (Lipinski definition) is 5. The van der Waals surface area contributed by atoms with E-state index in [1.807, 2.05) is 0 Å². The number of hydrogen-bond donors (Lipinski definition) is 0. The maximum atomic E-state index is 14.2. The van der Waals surface area contributed by atoms with Gasteiger partial charge >= 0.3 is 0 Å². The Morgan fingerprint density at radius 1 is 1.06 bits per heavy atom. The monoisotopic (exact) mass is 561 g/mol. The molecule has 2 aromatic carbocycles. The first-order chi connectivity index (χ1) is 16.5. The fourth-order valence-electron chi connectivity index (χ4n) is 3.99. The van der Waals surface area contributed by atoms with Crippen LogP contribution in [0.4, 0.5) is 8.78 Å². The Bertz CT molecular complexity index is 1380. The van der Waals surface area contributed by atoms with E-state index in [0.717, 1.165) is 6.07 Å². The molecule has 0 N–H and O–H groups in total. The zero-order valence-corrected chi connectivity index (χ0v) is 23.1. The third kappa shape index (κ3) is 4.91. The van der Waals surface area contributed by atoms with Gasteiger partial charge in [0.2, 0.25) is 0 Å². The molecular formula is C25H30ClF2NO5S2. The molecule has 0 unspecified atom stereocenters. The number of carbonyl (C=O) groups excluding carboxylic acids is 1. The maximum absolute atomic E-state index is 14.2. The van der Waals surface area contributed by atoms with Crippen LogP contribution in [0.2, 0.25) is 5.02 Å². The Balaban J connectivity index is 1.79. The van der Waals surface area contributed by atoms with E-state index in [9.17, 15) is 30.4 Å². The Morgan fingerprint density at radius 3 is 2.19 bits per heavy atom. The molecule has 1 fully saturated rings. The zero-order chi connectivity index (χ0) is 27.3. The summed E-state index contributed by atoms with van der Waals surface area (Å²) in [6.07, 6.45) is -0.452. The average molecular weight is 562 g/mol. The largest absolute Gasteiger partial charge is 0.338 e. The van der Waals surface area contributed by atoms with Gasteiger partial charge in [-0.05, 0) is 58.0 Å². The topological polar surface area (TPSA) is 88.6 Å². The van der Waals surface area contributed by atoms with Crippen molar-refractivity contribution in [3.8, 4) is 0 Å². The fourth-order valence-corrected chi connectivity index (χ4v) is 7.14. The second-order valence-corrected chi connectivity index (χ2v) is 15.3. The molecule has 6 nitrogen and oxygen atoms in total. The lowest BCUT2D eigenvalue weighted by atomic mass is 9.87. The first-order valence-electron chi connectivity index (χ1n) is 11.5. The van der Waals surface area contributed by atoms with Crippen molar-refractivity contribution < 1.29 is 30.4 Å². The van der Waals surface area contributed by atoms with Crippen molar-refractivity contribution in [2.24, 2.45) is 5.92 Å². The maximum Gasteiger partial charge on any atom is 0.273 e. The summed E-state index contributed by atoms with van der Waals surface area (Å²) in [6, 6.07) is 8.78. The molecule has 11 heteroatoms. The van der Waals surface area contributed by atoms with Gasteiger partial charge in [-0.1, -0.05) is 30.7 Å². The number of nitrogens with zero attached hydrogens (tertiary/aromatic N) is 1. The van der Waals surface area contributed by atoms with Gasteiger partial charge in [-0.2, -0.15) is 0 Å². The highest BCUT2D eigenvalue weighted by molar-refractivity contribution is 7.93. The molecule has 1 amide bonds. The number of alkyl halides is 2. The van der Waals surface area contributed by atoms with Crippen LogP contribution in [0.5, 0.6) is 0 Å². The van der Waals surface area contributed by atoms with E-state index in [1.165, 1.54) is 62.1 Å². The molecule has 198 valence electrons. The number of amides is 1. The van der Waals surface area contributed by atoms with E-state index >= 15 is 0 Å². The van der Waals surface area contributed by atoms with E-state index in [2.05, 4.69) is 0 Å². The third-order valence-electron chi connectivity index (χ3n) is 6.98. The Labute approximate surface area is 216 Å². The van der Waals surface area contributed by atoms with Crippen molar-refractivity contribution in [3.05, 3.63) is 58.6 Å². The summed E-state index contributed by atoms with van der Waals surface area (Å²) >= 11 is 6.23. The summed E-state index contributed by atoms with van der Waals surface area (Å²) in [6.45, 7) is 7.72. The lowest BCUT2D eigenvalue weighted by molar-refractivity contribution is -0.00851. The number of sulfone groups is 2. The van der Waals surface area contributed by atoms with Crippen LogP contribution in [0.15, 0.2) is 52.3 Å². The summed E-state index contributed by atoms with van der Waals surface area (Å²) in [5.41, 5.74) is -0.238. The van der Waals surface area contributed by atoms with Gasteiger partial charge in [0.25, 0.3) is 11.8 Å². The number of carbonyl (C=O) groups is 1. The first-order valence-corrected chi connectivity index (χ1v) is 14.9. The highest BCUT2D eigenvalue weighted by Gasteiger charge is 2.49. The van der Waals surface area contributed by atoms with Gasteiger partial charge in [0, 0.05) is 31.0 Å².